The Bertz CT molecular complexity index is 1760. The first-order valence-electron chi connectivity index (χ1n) is 13.6. The molecule has 3 aromatic carbocycles. The first-order valence-corrected chi connectivity index (χ1v) is 14.6. The lowest BCUT2D eigenvalue weighted by Gasteiger charge is -2.28. The van der Waals surface area contributed by atoms with Crippen LogP contribution >= 0.6 is 11.8 Å². The maximum absolute atomic E-state index is 13.9. The third kappa shape index (κ3) is 6.08. The lowest BCUT2D eigenvalue weighted by Crippen LogP contribution is -2.24. The number of ether oxygens (including phenoxy) is 3. The minimum Gasteiger partial charge on any atom is -0.493 e. The second kappa shape index (κ2) is 12.6. The summed E-state index contributed by atoms with van der Waals surface area (Å²) in [4.78, 5) is 9.01. The minimum absolute atomic E-state index is 0.290. The van der Waals surface area contributed by atoms with E-state index in [9.17, 15) is 9.65 Å². The number of hydrogen-bond donors (Lipinski definition) is 0. The third-order valence-electron chi connectivity index (χ3n) is 7.26. The van der Waals surface area contributed by atoms with Crippen LogP contribution in [0.4, 0.5) is 4.39 Å². The molecule has 0 fully saturated rings. The SMILES string of the molecule is COc1ccc(C(C)(C)c2c(C#N)nc(SCCOc3ccc(-n4ccnc4C)cc3)n2-c2ccc(F)cc2)cc1OC. The molecule has 0 aliphatic heterocycles. The van der Waals surface area contributed by atoms with E-state index in [0.717, 1.165) is 22.8 Å². The van der Waals surface area contributed by atoms with Crippen molar-refractivity contribution in [1.29, 1.82) is 5.26 Å². The predicted octanol–water partition coefficient (Wildman–Crippen LogP) is 6.89. The number of rotatable bonds is 11. The van der Waals surface area contributed by atoms with Crippen LogP contribution in [0.15, 0.2) is 84.3 Å². The fourth-order valence-corrected chi connectivity index (χ4v) is 5.82. The number of benzene rings is 3. The number of aryl methyl sites for hydroxylation is 1. The van der Waals surface area contributed by atoms with Crippen LogP contribution in [-0.2, 0) is 5.41 Å². The van der Waals surface area contributed by atoms with Crippen molar-refractivity contribution in [3.05, 3.63) is 108 Å². The molecule has 0 N–H and O–H groups in total. The van der Waals surface area contributed by atoms with Gasteiger partial charge in [-0.1, -0.05) is 31.7 Å². The number of thioether (sulfide) groups is 1. The van der Waals surface area contributed by atoms with Crippen LogP contribution in [0.5, 0.6) is 17.2 Å². The maximum atomic E-state index is 13.9. The van der Waals surface area contributed by atoms with Crippen molar-refractivity contribution in [2.75, 3.05) is 26.6 Å². The molecule has 2 aromatic heterocycles. The summed E-state index contributed by atoms with van der Waals surface area (Å²) in [5.41, 5.74) is 2.90. The van der Waals surface area contributed by atoms with Crippen LogP contribution in [-0.4, -0.2) is 45.7 Å². The van der Waals surface area contributed by atoms with Crippen molar-refractivity contribution in [2.45, 2.75) is 31.3 Å². The Morgan fingerprint density at radius 1 is 0.953 bits per heavy atom. The summed E-state index contributed by atoms with van der Waals surface area (Å²) in [7, 11) is 3.18. The summed E-state index contributed by atoms with van der Waals surface area (Å²) in [6.45, 7) is 6.42. The maximum Gasteiger partial charge on any atom is 0.174 e. The molecule has 0 aliphatic rings. The van der Waals surface area contributed by atoms with Crippen molar-refractivity contribution in [3.8, 4) is 34.7 Å². The molecule has 0 atom stereocenters. The number of halogens is 1. The van der Waals surface area contributed by atoms with Gasteiger partial charge in [-0.15, -0.1) is 0 Å². The fraction of sp³-hybridized carbons (Fsp3) is 0.242. The van der Waals surface area contributed by atoms with Gasteiger partial charge < -0.3 is 18.8 Å². The standard InChI is InChI=1S/C33H32FN5O3S/c1-22-36-16-17-38(22)25-11-13-27(14-12-25)42-18-19-43-32-37-28(21-35)31(39(32)26-9-7-24(34)8-10-26)33(2,3)23-6-15-29(40-4)30(20-23)41-5/h6-17,20H,18-19H2,1-5H3. The second-order valence-corrected chi connectivity index (χ2v) is 11.3. The van der Waals surface area contributed by atoms with E-state index in [1.807, 2.05) is 78.6 Å². The van der Waals surface area contributed by atoms with Crippen LogP contribution in [0.25, 0.3) is 11.4 Å². The van der Waals surface area contributed by atoms with Crippen molar-refractivity contribution >= 4 is 11.8 Å². The van der Waals surface area contributed by atoms with Crippen molar-refractivity contribution in [1.82, 2.24) is 19.1 Å². The monoisotopic (exact) mass is 597 g/mol. The van der Waals surface area contributed by atoms with Gasteiger partial charge in [0.15, 0.2) is 22.3 Å². The fourth-order valence-electron chi connectivity index (χ4n) is 4.99. The van der Waals surface area contributed by atoms with Crippen LogP contribution in [0.3, 0.4) is 0 Å². The van der Waals surface area contributed by atoms with E-state index in [4.69, 9.17) is 19.2 Å². The van der Waals surface area contributed by atoms with E-state index < -0.39 is 5.41 Å². The smallest absolute Gasteiger partial charge is 0.174 e. The van der Waals surface area contributed by atoms with Gasteiger partial charge in [-0.2, -0.15) is 5.26 Å². The van der Waals surface area contributed by atoms with E-state index in [1.165, 1.54) is 23.9 Å². The van der Waals surface area contributed by atoms with Crippen LogP contribution in [0.1, 0.15) is 36.6 Å². The van der Waals surface area contributed by atoms with Crippen molar-refractivity contribution in [2.24, 2.45) is 0 Å². The number of aromatic nitrogens is 4. The molecule has 0 spiro atoms. The zero-order valence-electron chi connectivity index (χ0n) is 24.7. The molecule has 0 saturated heterocycles. The highest BCUT2D eigenvalue weighted by Crippen LogP contribution is 2.41. The predicted molar refractivity (Wildman–Crippen MR) is 164 cm³/mol. The molecule has 0 bridgehead atoms. The zero-order chi connectivity index (χ0) is 30.6. The molecule has 43 heavy (non-hydrogen) atoms. The first kappa shape index (κ1) is 29.7. The van der Waals surface area contributed by atoms with Gasteiger partial charge in [0.2, 0.25) is 0 Å². The Morgan fingerprint density at radius 3 is 2.28 bits per heavy atom. The highest BCUT2D eigenvalue weighted by Gasteiger charge is 2.34. The normalized spacial score (nSPS) is 11.3. The molecule has 0 aliphatic carbocycles. The van der Waals surface area contributed by atoms with Gasteiger partial charge in [-0.05, 0) is 73.2 Å². The molecule has 8 nitrogen and oxygen atoms in total. The second-order valence-electron chi connectivity index (χ2n) is 10.2. The van der Waals surface area contributed by atoms with Gasteiger partial charge in [-0.25, -0.2) is 14.4 Å². The summed E-state index contributed by atoms with van der Waals surface area (Å²) < 4.78 is 34.9. The topological polar surface area (TPSA) is 87.1 Å². The van der Waals surface area contributed by atoms with E-state index in [2.05, 4.69) is 11.1 Å². The third-order valence-corrected chi connectivity index (χ3v) is 8.16. The largest absolute Gasteiger partial charge is 0.493 e. The minimum atomic E-state index is -0.684. The summed E-state index contributed by atoms with van der Waals surface area (Å²) in [5.74, 6) is 3.07. The van der Waals surface area contributed by atoms with Crippen molar-refractivity contribution in [3.63, 3.8) is 0 Å². The molecular formula is C33H32FN5O3S. The zero-order valence-corrected chi connectivity index (χ0v) is 25.5. The molecule has 0 unspecified atom stereocenters. The average molecular weight is 598 g/mol. The van der Waals surface area contributed by atoms with Crippen molar-refractivity contribution < 1.29 is 18.6 Å². The van der Waals surface area contributed by atoms with Crippen LogP contribution in [0.2, 0.25) is 0 Å². The Hall–Kier alpha value is -4.75. The number of imidazole rings is 2. The van der Waals surface area contributed by atoms with E-state index in [1.54, 1.807) is 32.5 Å². The summed E-state index contributed by atoms with van der Waals surface area (Å²) >= 11 is 1.47. The van der Waals surface area contributed by atoms with E-state index in [0.29, 0.717) is 40.4 Å². The number of methoxy groups -OCH3 is 2. The average Bonchev–Trinajstić information content (AvgIpc) is 3.63. The summed E-state index contributed by atoms with van der Waals surface area (Å²) in [5, 5.41) is 10.8. The van der Waals surface area contributed by atoms with E-state index in [-0.39, 0.29) is 11.5 Å². The first-order chi connectivity index (χ1) is 20.8. The van der Waals surface area contributed by atoms with Crippen LogP contribution < -0.4 is 14.2 Å². The Balaban J connectivity index is 1.43. The number of nitrogens with zero attached hydrogens (tertiary/aromatic N) is 5. The number of hydrogen-bond acceptors (Lipinski definition) is 7. The molecule has 0 radical (unpaired) electrons. The quantitative estimate of drug-likeness (QED) is 0.121. The Morgan fingerprint density at radius 2 is 1.65 bits per heavy atom. The molecule has 2 heterocycles. The van der Waals surface area contributed by atoms with E-state index >= 15 is 0 Å². The lowest BCUT2D eigenvalue weighted by molar-refractivity contribution is 0.344. The molecule has 220 valence electrons. The summed E-state index contributed by atoms with van der Waals surface area (Å²) in [6, 6.07) is 22.0. The van der Waals surface area contributed by atoms with Gasteiger partial charge in [0.25, 0.3) is 0 Å². The highest BCUT2D eigenvalue weighted by atomic mass is 32.2. The van der Waals surface area contributed by atoms with Gasteiger partial charge in [0.1, 0.15) is 23.5 Å². The summed E-state index contributed by atoms with van der Waals surface area (Å²) in [6.07, 6.45) is 3.69. The van der Waals surface area contributed by atoms with Crippen LogP contribution in [0, 0.1) is 24.1 Å². The highest BCUT2D eigenvalue weighted by molar-refractivity contribution is 7.99. The molecule has 0 amide bonds. The van der Waals surface area contributed by atoms with Gasteiger partial charge in [0, 0.05) is 34.9 Å². The Kier molecular flexibility index (Phi) is 8.73. The molecule has 5 aromatic rings. The lowest BCUT2D eigenvalue weighted by atomic mass is 9.80. The van der Waals surface area contributed by atoms with Gasteiger partial charge in [0.05, 0.1) is 26.5 Å². The molecule has 0 saturated carbocycles. The molecule has 5 rings (SSSR count). The van der Waals surface area contributed by atoms with Gasteiger partial charge >= 0.3 is 0 Å². The molecule has 10 heteroatoms. The van der Waals surface area contributed by atoms with Gasteiger partial charge in [-0.3, -0.25) is 4.57 Å². The number of nitriles is 1. The molecular weight excluding hydrogens is 565 g/mol. The Labute approximate surface area is 254 Å².